The molecule has 0 aliphatic rings. The van der Waals surface area contributed by atoms with Crippen LogP contribution in [0.3, 0.4) is 0 Å². The van der Waals surface area contributed by atoms with Crippen molar-refractivity contribution in [3.05, 3.63) is 118 Å². The molecule has 0 aliphatic carbocycles. The molecule has 1 atom stereocenters. The molecular weight excluding hydrogens is 476 g/mol. The third-order valence-electron chi connectivity index (χ3n) is 6.80. The van der Waals surface area contributed by atoms with E-state index in [9.17, 15) is 9.59 Å². The Bertz CT molecular complexity index is 1300. The Balaban J connectivity index is 1.55. The van der Waals surface area contributed by atoms with Crippen LogP contribution in [0.25, 0.3) is 11.1 Å². The third-order valence-corrected chi connectivity index (χ3v) is 7.81. The van der Waals surface area contributed by atoms with Crippen molar-refractivity contribution in [2.24, 2.45) is 0 Å². The van der Waals surface area contributed by atoms with E-state index >= 15 is 0 Å². The summed E-state index contributed by atoms with van der Waals surface area (Å²) in [6.45, 7) is 7.21. The molecule has 0 spiro atoms. The average molecular weight is 511 g/mol. The van der Waals surface area contributed by atoms with Crippen molar-refractivity contribution in [1.29, 1.82) is 0 Å². The lowest BCUT2D eigenvalue weighted by atomic mass is 10.0. The highest BCUT2D eigenvalue weighted by molar-refractivity contribution is 7.10. The summed E-state index contributed by atoms with van der Waals surface area (Å²) in [6.07, 6.45) is 0.768. The van der Waals surface area contributed by atoms with Gasteiger partial charge in [-0.3, -0.25) is 9.59 Å². The second kappa shape index (κ2) is 12.5. The Hall–Kier alpha value is -3.70. The number of rotatable bonds is 10. The minimum Gasteiger partial charge on any atom is -0.332 e. The number of benzene rings is 3. The van der Waals surface area contributed by atoms with Crippen LogP contribution in [0.5, 0.6) is 0 Å². The number of aryl methyl sites for hydroxylation is 1. The summed E-state index contributed by atoms with van der Waals surface area (Å²) in [5, 5.41) is 2.06. The predicted octanol–water partition coefficient (Wildman–Crippen LogP) is 7.19. The van der Waals surface area contributed by atoms with Crippen molar-refractivity contribution < 1.29 is 9.59 Å². The highest BCUT2D eigenvalue weighted by Crippen LogP contribution is 2.22. The molecule has 3 aromatic carbocycles. The van der Waals surface area contributed by atoms with Gasteiger partial charge in [0.25, 0.3) is 5.91 Å². The van der Waals surface area contributed by atoms with Gasteiger partial charge in [-0.05, 0) is 66.1 Å². The van der Waals surface area contributed by atoms with Crippen molar-refractivity contribution in [2.75, 3.05) is 6.54 Å². The maximum Gasteiger partial charge on any atom is 0.254 e. The third kappa shape index (κ3) is 6.75. The van der Waals surface area contributed by atoms with Crippen LogP contribution < -0.4 is 0 Å². The number of thiophene rings is 1. The Morgan fingerprint density at radius 2 is 1.43 bits per heavy atom. The summed E-state index contributed by atoms with van der Waals surface area (Å²) >= 11 is 1.66. The van der Waals surface area contributed by atoms with Crippen LogP contribution in [-0.2, 0) is 17.9 Å². The van der Waals surface area contributed by atoms with Crippen LogP contribution in [0.4, 0.5) is 0 Å². The smallest absolute Gasteiger partial charge is 0.254 e. The predicted molar refractivity (Wildman–Crippen MR) is 152 cm³/mol. The molecule has 5 heteroatoms. The number of carbonyl (C=O) groups excluding carboxylic acids is 2. The Morgan fingerprint density at radius 1 is 0.811 bits per heavy atom. The largest absolute Gasteiger partial charge is 0.332 e. The molecule has 1 heterocycles. The fourth-order valence-electron chi connectivity index (χ4n) is 4.27. The molecule has 4 rings (SSSR count). The maximum absolute atomic E-state index is 13.7. The van der Waals surface area contributed by atoms with E-state index in [1.54, 1.807) is 16.2 Å². The minimum atomic E-state index is -0.116. The standard InChI is InChI=1S/C32H34N2O2S/c1-4-25(3)34(32(36)29-17-15-28(16-18-29)27-13-9-6-10-14-27)23-31(35)33(21-26-11-7-5-8-12-26)22-30-24(2)19-20-37-30/h5-20,25H,4,21-23H2,1-3H3. The zero-order valence-corrected chi connectivity index (χ0v) is 22.6. The molecule has 0 saturated heterocycles. The molecule has 190 valence electrons. The van der Waals surface area contributed by atoms with E-state index in [0.29, 0.717) is 18.7 Å². The van der Waals surface area contributed by atoms with Crippen molar-refractivity contribution >= 4 is 23.2 Å². The van der Waals surface area contributed by atoms with Gasteiger partial charge in [-0.25, -0.2) is 0 Å². The van der Waals surface area contributed by atoms with Crippen molar-refractivity contribution in [3.8, 4) is 11.1 Å². The average Bonchev–Trinajstić information content (AvgIpc) is 3.35. The SMILES string of the molecule is CCC(C)N(CC(=O)N(Cc1ccccc1)Cc1sccc1C)C(=O)c1ccc(-c2ccccc2)cc1. The van der Waals surface area contributed by atoms with Gasteiger partial charge in [0.15, 0.2) is 0 Å². The molecule has 0 N–H and O–H groups in total. The first-order valence-electron chi connectivity index (χ1n) is 12.8. The Labute approximate surface area is 224 Å². The first kappa shape index (κ1) is 26.4. The van der Waals surface area contributed by atoms with E-state index in [1.807, 2.05) is 91.5 Å². The monoisotopic (exact) mass is 510 g/mol. The van der Waals surface area contributed by atoms with Crippen molar-refractivity contribution in [1.82, 2.24) is 9.80 Å². The Kier molecular flexibility index (Phi) is 8.91. The van der Waals surface area contributed by atoms with Crippen molar-refractivity contribution in [3.63, 3.8) is 0 Å². The number of carbonyl (C=O) groups is 2. The topological polar surface area (TPSA) is 40.6 Å². The quantitative estimate of drug-likeness (QED) is 0.226. The van der Waals surface area contributed by atoms with Crippen LogP contribution in [-0.4, -0.2) is 34.2 Å². The van der Waals surface area contributed by atoms with Crippen LogP contribution in [0.15, 0.2) is 96.4 Å². The van der Waals surface area contributed by atoms with E-state index in [0.717, 1.165) is 23.1 Å². The van der Waals surface area contributed by atoms with E-state index in [2.05, 4.69) is 30.5 Å². The second-order valence-electron chi connectivity index (χ2n) is 9.40. The lowest BCUT2D eigenvalue weighted by Gasteiger charge is -2.31. The van der Waals surface area contributed by atoms with Gasteiger partial charge in [-0.2, -0.15) is 0 Å². The van der Waals surface area contributed by atoms with Gasteiger partial charge in [0, 0.05) is 23.0 Å². The molecule has 4 aromatic rings. The number of hydrogen-bond donors (Lipinski definition) is 0. The van der Waals surface area contributed by atoms with Gasteiger partial charge in [0.2, 0.25) is 5.91 Å². The zero-order chi connectivity index (χ0) is 26.2. The van der Waals surface area contributed by atoms with Crippen molar-refractivity contribution in [2.45, 2.75) is 46.3 Å². The summed E-state index contributed by atoms with van der Waals surface area (Å²) < 4.78 is 0. The van der Waals surface area contributed by atoms with Gasteiger partial charge < -0.3 is 9.80 Å². The van der Waals surface area contributed by atoms with Gasteiger partial charge >= 0.3 is 0 Å². The van der Waals surface area contributed by atoms with E-state index < -0.39 is 0 Å². The van der Waals surface area contributed by atoms with Gasteiger partial charge in [-0.1, -0.05) is 79.7 Å². The lowest BCUT2D eigenvalue weighted by molar-refractivity contribution is -0.133. The summed E-state index contributed by atoms with van der Waals surface area (Å²) in [4.78, 5) is 32.1. The molecule has 2 amide bonds. The van der Waals surface area contributed by atoms with Gasteiger partial charge in [-0.15, -0.1) is 11.3 Å². The van der Waals surface area contributed by atoms with Crippen LogP contribution in [0.1, 0.15) is 46.6 Å². The van der Waals surface area contributed by atoms with Crippen LogP contribution in [0.2, 0.25) is 0 Å². The van der Waals surface area contributed by atoms with Crippen LogP contribution in [0, 0.1) is 6.92 Å². The molecular formula is C32H34N2O2S. The molecule has 0 bridgehead atoms. The van der Waals surface area contributed by atoms with E-state index in [4.69, 9.17) is 0 Å². The molecule has 0 radical (unpaired) electrons. The minimum absolute atomic E-state index is 0.0472. The first-order chi connectivity index (χ1) is 18.0. The summed E-state index contributed by atoms with van der Waals surface area (Å²) in [5.41, 5.74) is 5.02. The molecule has 1 aromatic heterocycles. The molecule has 37 heavy (non-hydrogen) atoms. The summed E-state index contributed by atoms with van der Waals surface area (Å²) in [6, 6.07) is 29.8. The molecule has 0 aliphatic heterocycles. The van der Waals surface area contributed by atoms with E-state index in [-0.39, 0.29) is 24.4 Å². The van der Waals surface area contributed by atoms with E-state index in [1.165, 1.54) is 10.4 Å². The first-order valence-corrected chi connectivity index (χ1v) is 13.6. The maximum atomic E-state index is 13.7. The molecule has 4 nitrogen and oxygen atoms in total. The molecule has 1 unspecified atom stereocenters. The summed E-state index contributed by atoms with van der Waals surface area (Å²) in [7, 11) is 0. The number of nitrogens with zero attached hydrogens (tertiary/aromatic N) is 2. The number of amides is 2. The number of hydrogen-bond acceptors (Lipinski definition) is 3. The highest BCUT2D eigenvalue weighted by atomic mass is 32.1. The zero-order valence-electron chi connectivity index (χ0n) is 21.8. The van der Waals surface area contributed by atoms with Gasteiger partial charge in [0.1, 0.15) is 6.54 Å². The lowest BCUT2D eigenvalue weighted by Crippen LogP contribution is -2.46. The summed E-state index contributed by atoms with van der Waals surface area (Å²) in [5.74, 6) is -0.166. The fraction of sp³-hybridized carbons (Fsp3) is 0.250. The fourth-order valence-corrected chi connectivity index (χ4v) is 5.19. The normalized spacial score (nSPS) is 11.6. The highest BCUT2D eigenvalue weighted by Gasteiger charge is 2.26. The molecule has 0 saturated carbocycles. The Morgan fingerprint density at radius 3 is 2.03 bits per heavy atom. The van der Waals surface area contributed by atoms with Gasteiger partial charge in [0.05, 0.1) is 6.54 Å². The van der Waals surface area contributed by atoms with Crippen LogP contribution >= 0.6 is 11.3 Å². The second-order valence-corrected chi connectivity index (χ2v) is 10.4. The molecule has 0 fully saturated rings.